The first-order valence-electron chi connectivity index (χ1n) is 15.2. The third kappa shape index (κ3) is 6.73. The lowest BCUT2D eigenvalue weighted by Gasteiger charge is -2.41. The lowest BCUT2D eigenvalue weighted by Crippen LogP contribution is -2.50. The highest BCUT2D eigenvalue weighted by Crippen LogP contribution is 2.31. The molecule has 0 bridgehead atoms. The van der Waals surface area contributed by atoms with Gasteiger partial charge < -0.3 is 15.0 Å². The molecule has 3 aromatic carbocycles. The zero-order chi connectivity index (χ0) is 28.0. The Hall–Kier alpha value is -3.84. The summed E-state index contributed by atoms with van der Waals surface area (Å²) in [5.74, 6) is 1.18. The van der Waals surface area contributed by atoms with Gasteiger partial charge in [0.25, 0.3) is 0 Å². The molecule has 1 saturated heterocycles. The molecular formula is C34H41N5O2. The zero-order valence-corrected chi connectivity index (χ0v) is 24.0. The third-order valence-electron chi connectivity index (χ3n) is 8.69. The van der Waals surface area contributed by atoms with Crippen molar-refractivity contribution in [1.29, 1.82) is 0 Å². The van der Waals surface area contributed by atoms with E-state index in [4.69, 9.17) is 4.74 Å². The fraction of sp³-hybridized carbons (Fsp3) is 0.412. The van der Waals surface area contributed by atoms with E-state index >= 15 is 0 Å². The lowest BCUT2D eigenvalue weighted by atomic mass is 9.94. The fourth-order valence-electron chi connectivity index (χ4n) is 6.07. The molecule has 0 atom stereocenters. The van der Waals surface area contributed by atoms with Gasteiger partial charge in [-0.15, -0.1) is 0 Å². The van der Waals surface area contributed by atoms with Gasteiger partial charge in [0.15, 0.2) is 0 Å². The standard InChI is InChI=1S/C23H28N4.C11H13NO2/c1-2-6-19(7-3-1)26-14-16-27(17-15-26)20-12-10-18(11-13-20)23-21-8-4-5-9-22(21)24-25-23;1-14-10-6-4-9(5-7-10)12-11(13)8-2-3-8/h4-5,8-13,19H,1-3,6-7,14-17H2,(H,24,25);4-8H,2-3H2,1H3,(H,12,13). The van der Waals surface area contributed by atoms with Gasteiger partial charge in [0.05, 0.1) is 18.3 Å². The molecule has 1 amide bonds. The highest BCUT2D eigenvalue weighted by Gasteiger charge is 2.29. The van der Waals surface area contributed by atoms with Crippen molar-refractivity contribution in [3.8, 4) is 17.0 Å². The number of fused-ring (bicyclic) bond motifs is 1. The molecule has 2 saturated carbocycles. The molecule has 0 radical (unpaired) electrons. The molecule has 7 nitrogen and oxygen atoms in total. The Bertz CT molecular complexity index is 1410. The predicted octanol–water partition coefficient (Wildman–Crippen LogP) is 6.73. The first-order valence-corrected chi connectivity index (χ1v) is 15.2. The van der Waals surface area contributed by atoms with Crippen LogP contribution in [0.25, 0.3) is 22.2 Å². The number of rotatable bonds is 6. The van der Waals surface area contributed by atoms with Crippen LogP contribution in [-0.2, 0) is 4.79 Å². The molecule has 1 aromatic heterocycles. The summed E-state index contributed by atoms with van der Waals surface area (Å²) in [4.78, 5) is 16.7. The molecule has 0 spiro atoms. The predicted molar refractivity (Wildman–Crippen MR) is 167 cm³/mol. The van der Waals surface area contributed by atoms with Gasteiger partial charge in [0.2, 0.25) is 5.91 Å². The average Bonchev–Trinajstić information content (AvgIpc) is 3.82. The summed E-state index contributed by atoms with van der Waals surface area (Å²) in [5.41, 5.74) is 5.48. The fourth-order valence-corrected chi connectivity index (χ4v) is 6.07. The molecule has 3 aliphatic rings. The number of methoxy groups -OCH3 is 1. The normalized spacial score (nSPS) is 18.0. The van der Waals surface area contributed by atoms with E-state index in [-0.39, 0.29) is 11.8 Å². The van der Waals surface area contributed by atoms with Crippen LogP contribution in [0.5, 0.6) is 5.75 Å². The Morgan fingerprint density at radius 1 is 0.854 bits per heavy atom. The van der Waals surface area contributed by atoms with E-state index in [0.717, 1.165) is 54.6 Å². The minimum Gasteiger partial charge on any atom is -0.497 e. The van der Waals surface area contributed by atoms with Gasteiger partial charge >= 0.3 is 0 Å². The van der Waals surface area contributed by atoms with Crippen LogP contribution in [0.1, 0.15) is 44.9 Å². The zero-order valence-electron chi connectivity index (χ0n) is 24.0. The number of carbonyl (C=O) groups excluding carboxylic acids is 1. The van der Waals surface area contributed by atoms with Gasteiger partial charge in [-0.1, -0.05) is 49.6 Å². The minimum atomic E-state index is 0.134. The number of amides is 1. The van der Waals surface area contributed by atoms with Gasteiger partial charge in [-0.25, -0.2) is 0 Å². The van der Waals surface area contributed by atoms with Crippen molar-refractivity contribution in [2.45, 2.75) is 51.0 Å². The van der Waals surface area contributed by atoms with Crippen LogP contribution in [0.3, 0.4) is 0 Å². The summed E-state index contributed by atoms with van der Waals surface area (Å²) in [6.07, 6.45) is 9.17. The highest BCUT2D eigenvalue weighted by molar-refractivity contribution is 5.94. The number of aromatic nitrogens is 2. The Morgan fingerprint density at radius 3 is 2.24 bits per heavy atom. The van der Waals surface area contributed by atoms with E-state index in [1.54, 1.807) is 7.11 Å². The number of nitrogens with one attached hydrogen (secondary N) is 2. The maximum Gasteiger partial charge on any atom is 0.227 e. The average molecular weight is 552 g/mol. The molecule has 4 aromatic rings. The van der Waals surface area contributed by atoms with Crippen LogP contribution in [-0.4, -0.2) is 60.3 Å². The van der Waals surface area contributed by atoms with Crippen LogP contribution < -0.4 is 15.0 Å². The largest absolute Gasteiger partial charge is 0.497 e. The van der Waals surface area contributed by atoms with Crippen molar-refractivity contribution < 1.29 is 9.53 Å². The van der Waals surface area contributed by atoms with E-state index in [2.05, 4.69) is 67.8 Å². The molecular weight excluding hydrogens is 510 g/mol. The van der Waals surface area contributed by atoms with Gasteiger partial charge in [-0.05, 0) is 68.1 Å². The number of benzene rings is 3. The molecule has 41 heavy (non-hydrogen) atoms. The molecule has 2 heterocycles. The number of hydrogen-bond acceptors (Lipinski definition) is 5. The van der Waals surface area contributed by atoms with E-state index in [1.807, 2.05) is 30.3 Å². The van der Waals surface area contributed by atoms with Crippen molar-refractivity contribution >= 4 is 28.2 Å². The quantitative estimate of drug-likeness (QED) is 0.278. The summed E-state index contributed by atoms with van der Waals surface area (Å²) in [7, 11) is 1.62. The number of H-pyrrole nitrogens is 1. The molecule has 3 fully saturated rings. The maximum atomic E-state index is 11.4. The van der Waals surface area contributed by atoms with Gasteiger partial charge in [0.1, 0.15) is 5.75 Å². The summed E-state index contributed by atoms with van der Waals surface area (Å²) in [5, 5.41) is 11.7. The van der Waals surface area contributed by atoms with Crippen LogP contribution >= 0.6 is 0 Å². The number of piperazine rings is 1. The monoisotopic (exact) mass is 551 g/mol. The Labute approximate surface area is 242 Å². The van der Waals surface area contributed by atoms with Crippen molar-refractivity contribution in [1.82, 2.24) is 15.1 Å². The molecule has 214 valence electrons. The summed E-state index contributed by atoms with van der Waals surface area (Å²) in [6, 6.07) is 25.5. The van der Waals surface area contributed by atoms with Crippen LogP contribution in [0.4, 0.5) is 11.4 Å². The van der Waals surface area contributed by atoms with Crippen molar-refractivity contribution in [2.24, 2.45) is 5.92 Å². The summed E-state index contributed by atoms with van der Waals surface area (Å²) in [6.45, 7) is 4.69. The molecule has 1 aliphatic heterocycles. The molecule has 7 rings (SSSR count). The molecule has 7 heteroatoms. The van der Waals surface area contributed by atoms with Crippen molar-refractivity contribution in [2.75, 3.05) is 43.5 Å². The SMILES string of the molecule is COc1ccc(NC(=O)C2CC2)cc1.c1ccc2c(-c3ccc(N4CCN(C5CCCCC5)CC4)cc3)n[nH]c2c1. The van der Waals surface area contributed by atoms with Crippen molar-refractivity contribution in [3.05, 3.63) is 72.8 Å². The Morgan fingerprint density at radius 2 is 1.56 bits per heavy atom. The maximum absolute atomic E-state index is 11.4. The van der Waals surface area contributed by atoms with Gasteiger partial charge in [-0.3, -0.25) is 14.8 Å². The van der Waals surface area contributed by atoms with Crippen molar-refractivity contribution in [3.63, 3.8) is 0 Å². The van der Waals surface area contributed by atoms with E-state index < -0.39 is 0 Å². The number of hydrogen-bond donors (Lipinski definition) is 2. The number of ether oxygens (including phenoxy) is 1. The van der Waals surface area contributed by atoms with E-state index in [9.17, 15) is 4.79 Å². The number of aromatic amines is 1. The topological polar surface area (TPSA) is 73.5 Å². The van der Waals surface area contributed by atoms with E-state index in [0.29, 0.717) is 0 Å². The molecule has 2 aliphatic carbocycles. The lowest BCUT2D eigenvalue weighted by molar-refractivity contribution is -0.117. The second-order valence-corrected chi connectivity index (χ2v) is 11.5. The van der Waals surface area contributed by atoms with Crippen LogP contribution in [0.2, 0.25) is 0 Å². The summed E-state index contributed by atoms with van der Waals surface area (Å²) < 4.78 is 5.02. The number of carbonyl (C=O) groups is 1. The number of para-hydroxylation sites is 1. The third-order valence-corrected chi connectivity index (χ3v) is 8.69. The first-order chi connectivity index (χ1) is 20.2. The molecule has 0 unspecified atom stereocenters. The van der Waals surface area contributed by atoms with Gasteiger partial charge in [0, 0.05) is 60.5 Å². The smallest absolute Gasteiger partial charge is 0.227 e. The second-order valence-electron chi connectivity index (χ2n) is 11.5. The highest BCUT2D eigenvalue weighted by atomic mass is 16.5. The Balaban J connectivity index is 0.000000182. The van der Waals surface area contributed by atoms with Gasteiger partial charge in [-0.2, -0.15) is 5.10 Å². The van der Waals surface area contributed by atoms with Crippen LogP contribution in [0, 0.1) is 5.92 Å². The van der Waals surface area contributed by atoms with Crippen LogP contribution in [0.15, 0.2) is 72.8 Å². The molecule has 2 N–H and O–H groups in total. The Kier molecular flexibility index (Phi) is 8.52. The number of anilines is 2. The minimum absolute atomic E-state index is 0.134. The van der Waals surface area contributed by atoms with E-state index in [1.165, 1.54) is 61.8 Å². The number of nitrogens with zero attached hydrogens (tertiary/aromatic N) is 3. The first kappa shape index (κ1) is 27.3. The second kappa shape index (κ2) is 12.8. The summed E-state index contributed by atoms with van der Waals surface area (Å²) >= 11 is 0.